The highest BCUT2D eigenvalue weighted by molar-refractivity contribution is 8.00. The normalized spacial score (nSPS) is 16.9. The molecule has 0 bridgehead atoms. The topological polar surface area (TPSA) is 90.2 Å². The van der Waals surface area contributed by atoms with Gasteiger partial charge in [0.15, 0.2) is 5.76 Å². The third-order valence-electron chi connectivity index (χ3n) is 4.51. The summed E-state index contributed by atoms with van der Waals surface area (Å²) in [5, 5.41) is 8.37. The number of hydrogen-bond donors (Lipinski definition) is 1. The van der Waals surface area contributed by atoms with E-state index in [4.69, 9.17) is 10.3 Å². The van der Waals surface area contributed by atoms with Crippen LogP contribution >= 0.6 is 11.8 Å². The minimum absolute atomic E-state index is 0.106. The monoisotopic (exact) mass is 349 g/mol. The lowest BCUT2D eigenvalue weighted by atomic mass is 9.94. The minimum Gasteiger partial charge on any atom is -0.461 e. The third-order valence-corrected chi connectivity index (χ3v) is 5.55. The van der Waals surface area contributed by atoms with Gasteiger partial charge in [-0.15, -0.1) is 10.2 Å². The van der Waals surface area contributed by atoms with Crippen molar-refractivity contribution in [3.8, 4) is 11.6 Å². The van der Waals surface area contributed by atoms with Gasteiger partial charge in [-0.1, -0.05) is 31.0 Å². The van der Waals surface area contributed by atoms with E-state index >= 15 is 0 Å². The molecule has 7 nitrogen and oxygen atoms in total. The molecule has 2 aromatic heterocycles. The number of hydrogen-bond acceptors (Lipinski definition) is 6. The van der Waals surface area contributed by atoms with E-state index in [0.29, 0.717) is 22.8 Å². The maximum atomic E-state index is 12.7. The number of rotatable bonds is 5. The van der Waals surface area contributed by atoms with Crippen molar-refractivity contribution in [3.05, 3.63) is 18.4 Å². The van der Waals surface area contributed by atoms with Crippen molar-refractivity contribution >= 4 is 17.7 Å². The molecule has 1 amide bonds. The van der Waals surface area contributed by atoms with E-state index in [1.807, 2.05) is 18.9 Å². The Kier molecular flexibility index (Phi) is 5.13. The molecule has 130 valence electrons. The van der Waals surface area contributed by atoms with Crippen LogP contribution in [0.25, 0.3) is 11.6 Å². The van der Waals surface area contributed by atoms with Gasteiger partial charge in [0.2, 0.25) is 16.9 Å². The third kappa shape index (κ3) is 3.43. The molecule has 0 aliphatic heterocycles. The number of aromatic nitrogens is 3. The summed E-state index contributed by atoms with van der Waals surface area (Å²) >= 11 is 1.32. The van der Waals surface area contributed by atoms with Gasteiger partial charge in [-0.2, -0.15) is 0 Å². The second-order valence-electron chi connectivity index (χ2n) is 6.15. The van der Waals surface area contributed by atoms with Crippen molar-refractivity contribution in [2.45, 2.75) is 55.5 Å². The average molecular weight is 349 g/mol. The molecular weight excluding hydrogens is 326 g/mol. The van der Waals surface area contributed by atoms with Crippen LogP contribution in [-0.4, -0.2) is 44.0 Å². The maximum Gasteiger partial charge on any atom is 0.235 e. The summed E-state index contributed by atoms with van der Waals surface area (Å²) in [4.78, 5) is 14.6. The van der Waals surface area contributed by atoms with Crippen molar-refractivity contribution in [3.63, 3.8) is 0 Å². The van der Waals surface area contributed by atoms with Gasteiger partial charge in [-0.3, -0.25) is 4.79 Å². The number of thioether (sulfide) groups is 1. The first kappa shape index (κ1) is 16.9. The summed E-state index contributed by atoms with van der Waals surface area (Å²) < 4.78 is 6.66. The van der Waals surface area contributed by atoms with Gasteiger partial charge >= 0.3 is 0 Å². The fourth-order valence-corrected chi connectivity index (χ4v) is 3.95. The zero-order chi connectivity index (χ0) is 17.1. The fourth-order valence-electron chi connectivity index (χ4n) is 3.07. The summed E-state index contributed by atoms with van der Waals surface area (Å²) in [6, 6.07) is 3.89. The molecule has 0 saturated heterocycles. The van der Waals surface area contributed by atoms with Gasteiger partial charge in [0, 0.05) is 13.1 Å². The predicted octanol–water partition coefficient (Wildman–Crippen LogP) is 2.52. The molecule has 1 aliphatic carbocycles. The maximum absolute atomic E-state index is 12.7. The Morgan fingerprint density at radius 2 is 2.17 bits per heavy atom. The molecule has 1 atom stereocenters. The highest BCUT2D eigenvalue weighted by atomic mass is 32.2. The van der Waals surface area contributed by atoms with Crippen LogP contribution in [-0.2, 0) is 4.79 Å². The zero-order valence-corrected chi connectivity index (χ0v) is 14.8. The van der Waals surface area contributed by atoms with Gasteiger partial charge in [0.1, 0.15) is 0 Å². The van der Waals surface area contributed by atoms with Crippen LogP contribution < -0.4 is 5.84 Å². The van der Waals surface area contributed by atoms with Crippen molar-refractivity contribution in [1.82, 2.24) is 19.8 Å². The van der Waals surface area contributed by atoms with Crippen LogP contribution in [0.3, 0.4) is 0 Å². The molecule has 24 heavy (non-hydrogen) atoms. The average Bonchev–Trinajstić information content (AvgIpc) is 3.25. The number of nitrogens with zero attached hydrogens (tertiary/aromatic N) is 4. The predicted molar refractivity (Wildman–Crippen MR) is 92.8 cm³/mol. The Hall–Kier alpha value is -1.96. The van der Waals surface area contributed by atoms with Gasteiger partial charge in [-0.25, -0.2) is 4.68 Å². The Labute approximate surface area is 145 Å². The van der Waals surface area contributed by atoms with Crippen LogP contribution in [0.4, 0.5) is 0 Å². The van der Waals surface area contributed by atoms with Crippen molar-refractivity contribution in [2.75, 3.05) is 12.9 Å². The van der Waals surface area contributed by atoms with Crippen molar-refractivity contribution < 1.29 is 9.21 Å². The summed E-state index contributed by atoms with van der Waals surface area (Å²) in [5.74, 6) is 7.15. The molecule has 2 aromatic rings. The Bertz CT molecular complexity index is 679. The molecule has 1 saturated carbocycles. The molecule has 0 radical (unpaired) electrons. The summed E-state index contributed by atoms with van der Waals surface area (Å²) in [7, 11) is 1.90. The van der Waals surface area contributed by atoms with Gasteiger partial charge in [-0.05, 0) is 31.9 Å². The van der Waals surface area contributed by atoms with Crippen LogP contribution in [0.2, 0.25) is 0 Å². The quantitative estimate of drug-likeness (QED) is 0.659. The molecule has 0 spiro atoms. The highest BCUT2D eigenvalue weighted by Crippen LogP contribution is 2.28. The Morgan fingerprint density at radius 3 is 2.83 bits per heavy atom. The Balaban J connectivity index is 1.66. The molecule has 0 unspecified atom stereocenters. The van der Waals surface area contributed by atoms with Crippen LogP contribution in [0.5, 0.6) is 0 Å². The second kappa shape index (κ2) is 7.29. The van der Waals surface area contributed by atoms with Crippen LogP contribution in [0.1, 0.15) is 39.0 Å². The van der Waals surface area contributed by atoms with Crippen LogP contribution in [0.15, 0.2) is 28.0 Å². The van der Waals surface area contributed by atoms with Crippen molar-refractivity contribution in [1.29, 1.82) is 0 Å². The van der Waals surface area contributed by atoms with E-state index < -0.39 is 0 Å². The SMILES string of the molecule is C[C@@H](Sc1nnc(-c2ccco2)n1N)C(=O)N(C)C1CCCCC1. The molecule has 3 rings (SSSR count). The Morgan fingerprint density at radius 1 is 1.42 bits per heavy atom. The number of amides is 1. The van der Waals surface area contributed by atoms with Crippen LogP contribution in [0, 0.1) is 0 Å². The molecule has 1 aliphatic rings. The van der Waals surface area contributed by atoms with Gasteiger partial charge < -0.3 is 15.2 Å². The highest BCUT2D eigenvalue weighted by Gasteiger charge is 2.27. The molecular formula is C16H23N5O2S. The standard InChI is InChI=1S/C16H23N5O2S/c1-11(15(22)20(2)12-7-4-3-5-8-12)24-16-19-18-14(21(16)17)13-9-6-10-23-13/h6,9-12H,3-5,7-8,17H2,1-2H3/t11-/m1/s1. The molecule has 2 heterocycles. The summed E-state index contributed by atoms with van der Waals surface area (Å²) in [6.45, 7) is 1.88. The number of nitrogen functional groups attached to an aromatic ring is 1. The molecule has 1 fully saturated rings. The smallest absolute Gasteiger partial charge is 0.235 e. The van der Waals surface area contributed by atoms with E-state index in [9.17, 15) is 4.79 Å². The number of carbonyl (C=O) groups excluding carboxylic acids is 1. The van der Waals surface area contributed by atoms with E-state index in [0.717, 1.165) is 12.8 Å². The van der Waals surface area contributed by atoms with Gasteiger partial charge in [0.25, 0.3) is 0 Å². The summed E-state index contributed by atoms with van der Waals surface area (Å²) in [5.41, 5.74) is 0. The lowest BCUT2D eigenvalue weighted by Crippen LogP contribution is -2.42. The second-order valence-corrected chi connectivity index (χ2v) is 7.46. The first-order valence-electron chi connectivity index (χ1n) is 8.25. The van der Waals surface area contributed by atoms with Gasteiger partial charge in [0.05, 0.1) is 11.5 Å². The fraction of sp³-hybridized carbons (Fsp3) is 0.562. The molecule has 0 aromatic carbocycles. The largest absolute Gasteiger partial charge is 0.461 e. The van der Waals surface area contributed by atoms with E-state index in [2.05, 4.69) is 10.2 Å². The first-order chi connectivity index (χ1) is 11.6. The summed E-state index contributed by atoms with van der Waals surface area (Å²) in [6.07, 6.45) is 7.42. The minimum atomic E-state index is -0.270. The number of carbonyl (C=O) groups is 1. The lowest BCUT2D eigenvalue weighted by molar-refractivity contribution is -0.131. The number of nitrogens with two attached hydrogens (primary N) is 1. The van der Waals surface area contributed by atoms with E-state index in [1.165, 1.54) is 35.7 Å². The van der Waals surface area contributed by atoms with E-state index in [1.54, 1.807) is 18.4 Å². The van der Waals surface area contributed by atoms with E-state index in [-0.39, 0.29) is 11.2 Å². The molecule has 8 heteroatoms. The first-order valence-corrected chi connectivity index (χ1v) is 9.13. The lowest BCUT2D eigenvalue weighted by Gasteiger charge is -2.32. The van der Waals surface area contributed by atoms with Crippen molar-refractivity contribution in [2.24, 2.45) is 0 Å². The number of furan rings is 1. The molecule has 2 N–H and O–H groups in total. The zero-order valence-electron chi connectivity index (χ0n) is 14.0.